The van der Waals surface area contributed by atoms with Crippen LogP contribution in [0.5, 0.6) is 0 Å². The van der Waals surface area contributed by atoms with Crippen LogP contribution in [-0.4, -0.2) is 5.16 Å². The second-order valence-electron chi connectivity index (χ2n) is 2.49. The van der Waals surface area contributed by atoms with Gasteiger partial charge in [0, 0.05) is 21.7 Å². The zero-order chi connectivity index (χ0) is 9.26. The summed E-state index contributed by atoms with van der Waals surface area (Å²) in [6.07, 6.45) is 2.49. The van der Waals surface area contributed by atoms with E-state index in [-0.39, 0.29) is 0 Å². The van der Waals surface area contributed by atoms with Crippen molar-refractivity contribution in [1.29, 1.82) is 0 Å². The van der Waals surface area contributed by atoms with Crippen LogP contribution in [0.15, 0.2) is 28.8 Å². The normalized spacial score (nSPS) is 10.3. The number of benzene rings is 1. The Hall–Kier alpha value is -0.990. The van der Waals surface area contributed by atoms with E-state index in [1.54, 1.807) is 24.3 Å². The van der Waals surface area contributed by atoms with Crippen LogP contribution in [0.1, 0.15) is 0 Å². The molecule has 0 fully saturated rings. The third kappa shape index (κ3) is 1.85. The summed E-state index contributed by atoms with van der Waals surface area (Å²) >= 11 is 11.6. The minimum atomic E-state index is 0.575. The van der Waals surface area contributed by atoms with Crippen molar-refractivity contribution in [1.82, 2.24) is 5.16 Å². The Morgan fingerprint density at radius 2 is 1.85 bits per heavy atom. The highest BCUT2D eigenvalue weighted by Crippen LogP contribution is 2.25. The zero-order valence-corrected chi connectivity index (χ0v) is 7.93. The Bertz CT molecular complexity index is 391. The number of hydrogen-bond acceptors (Lipinski definition) is 2. The summed E-state index contributed by atoms with van der Waals surface area (Å²) in [7, 11) is 0. The van der Waals surface area contributed by atoms with Gasteiger partial charge in [-0.25, -0.2) is 0 Å². The molecule has 0 bridgehead atoms. The van der Waals surface area contributed by atoms with Crippen LogP contribution in [0.2, 0.25) is 10.0 Å². The third-order valence-corrected chi connectivity index (χ3v) is 1.99. The number of aromatic nitrogens is 1. The zero-order valence-electron chi connectivity index (χ0n) is 6.42. The quantitative estimate of drug-likeness (QED) is 0.724. The fourth-order valence-corrected chi connectivity index (χ4v) is 1.55. The number of hydrogen-bond donors (Lipinski definition) is 0. The summed E-state index contributed by atoms with van der Waals surface area (Å²) < 4.78 is 4.59. The van der Waals surface area contributed by atoms with Crippen molar-refractivity contribution in [2.24, 2.45) is 0 Å². The molecule has 0 amide bonds. The van der Waals surface area contributed by atoms with E-state index >= 15 is 0 Å². The van der Waals surface area contributed by atoms with Crippen molar-refractivity contribution in [2.45, 2.75) is 0 Å². The highest BCUT2D eigenvalue weighted by molar-refractivity contribution is 6.35. The van der Waals surface area contributed by atoms with Crippen molar-refractivity contribution in [3.05, 3.63) is 40.6 Å². The summed E-state index contributed by atoms with van der Waals surface area (Å²) in [5.74, 6) is 0. The molecule has 1 heterocycles. The van der Waals surface area contributed by atoms with Gasteiger partial charge in [-0.15, -0.1) is 0 Å². The molecule has 2 rings (SSSR count). The van der Waals surface area contributed by atoms with Gasteiger partial charge < -0.3 is 4.52 Å². The van der Waals surface area contributed by atoms with Crippen molar-refractivity contribution in [3.63, 3.8) is 0 Å². The molecule has 1 radical (unpaired) electrons. The van der Waals surface area contributed by atoms with Crippen LogP contribution in [-0.2, 0) is 0 Å². The highest BCUT2D eigenvalue weighted by atomic mass is 35.5. The maximum Gasteiger partial charge on any atom is 0.205 e. The predicted molar refractivity (Wildman–Crippen MR) is 50.8 cm³/mol. The molecule has 0 aliphatic carbocycles. The predicted octanol–water partition coefficient (Wildman–Crippen LogP) is 3.45. The summed E-state index contributed by atoms with van der Waals surface area (Å²) in [6, 6.07) is 6.82. The van der Waals surface area contributed by atoms with Gasteiger partial charge in [0.2, 0.25) is 6.26 Å². The topological polar surface area (TPSA) is 26.0 Å². The van der Waals surface area contributed by atoms with Gasteiger partial charge in [-0.05, 0) is 18.2 Å². The van der Waals surface area contributed by atoms with Gasteiger partial charge in [0.25, 0.3) is 0 Å². The van der Waals surface area contributed by atoms with Crippen LogP contribution in [0.4, 0.5) is 0 Å². The van der Waals surface area contributed by atoms with Gasteiger partial charge in [0.15, 0.2) is 0 Å². The molecule has 0 aliphatic rings. The van der Waals surface area contributed by atoms with Crippen LogP contribution in [0, 0.1) is 6.26 Å². The summed E-state index contributed by atoms with van der Waals surface area (Å²) in [5.41, 5.74) is 1.49. The largest absolute Gasteiger partial charge is 0.352 e. The summed E-state index contributed by atoms with van der Waals surface area (Å²) in [6.45, 7) is 0. The van der Waals surface area contributed by atoms with Crippen LogP contribution in [0.3, 0.4) is 0 Å². The minimum absolute atomic E-state index is 0.575. The molecule has 1 aromatic carbocycles. The molecule has 1 aromatic heterocycles. The average molecular weight is 213 g/mol. The first-order valence-corrected chi connectivity index (χ1v) is 4.30. The number of nitrogens with zero attached hydrogens (tertiary/aromatic N) is 1. The lowest BCUT2D eigenvalue weighted by atomic mass is 10.2. The second kappa shape index (κ2) is 3.40. The van der Waals surface area contributed by atoms with E-state index in [1.807, 2.05) is 0 Å². The standard InChI is InChI=1S/C9H4Cl2NO/c10-7-3-6(4-8(11)5-7)9-1-2-13-12-9/h1,3-5H. The molecule has 13 heavy (non-hydrogen) atoms. The number of rotatable bonds is 1. The van der Waals surface area contributed by atoms with Crippen molar-refractivity contribution in [2.75, 3.05) is 0 Å². The smallest absolute Gasteiger partial charge is 0.205 e. The second-order valence-corrected chi connectivity index (χ2v) is 3.36. The van der Waals surface area contributed by atoms with E-state index in [2.05, 4.69) is 15.9 Å². The van der Waals surface area contributed by atoms with Gasteiger partial charge in [-0.1, -0.05) is 28.4 Å². The first kappa shape index (κ1) is 8.60. The molecule has 65 valence electrons. The Morgan fingerprint density at radius 1 is 1.15 bits per heavy atom. The molecule has 0 saturated carbocycles. The van der Waals surface area contributed by atoms with Crippen LogP contribution in [0.25, 0.3) is 11.3 Å². The van der Waals surface area contributed by atoms with Crippen LogP contribution < -0.4 is 0 Å². The van der Waals surface area contributed by atoms with Gasteiger partial charge >= 0.3 is 0 Å². The van der Waals surface area contributed by atoms with Crippen molar-refractivity contribution < 1.29 is 4.52 Å². The monoisotopic (exact) mass is 212 g/mol. The fraction of sp³-hybridized carbons (Fsp3) is 0. The molecule has 2 aromatic rings. The van der Waals surface area contributed by atoms with Crippen molar-refractivity contribution in [3.8, 4) is 11.3 Å². The SMILES string of the molecule is Clc1cc(Cl)cc(-c2c[c]on2)c1. The Balaban J connectivity index is 2.53. The molecule has 0 unspecified atom stereocenters. The molecule has 0 spiro atoms. The molecule has 0 N–H and O–H groups in total. The summed E-state index contributed by atoms with van der Waals surface area (Å²) in [5, 5.41) is 4.87. The Morgan fingerprint density at radius 3 is 2.38 bits per heavy atom. The molecule has 0 atom stereocenters. The molecule has 2 nitrogen and oxygen atoms in total. The van der Waals surface area contributed by atoms with Gasteiger partial charge in [0.1, 0.15) is 5.69 Å². The molecule has 0 aliphatic heterocycles. The summed E-state index contributed by atoms with van der Waals surface area (Å²) in [4.78, 5) is 0. The van der Waals surface area contributed by atoms with E-state index in [0.717, 1.165) is 5.56 Å². The first-order valence-electron chi connectivity index (χ1n) is 3.55. The average Bonchev–Trinajstić information content (AvgIpc) is 2.53. The van der Waals surface area contributed by atoms with Gasteiger partial charge in [-0.2, -0.15) is 0 Å². The Labute approximate surface area is 85.1 Å². The van der Waals surface area contributed by atoms with E-state index in [0.29, 0.717) is 15.7 Å². The maximum absolute atomic E-state index is 5.81. The highest BCUT2D eigenvalue weighted by Gasteiger charge is 2.03. The van der Waals surface area contributed by atoms with Gasteiger partial charge in [0.05, 0.1) is 0 Å². The van der Waals surface area contributed by atoms with E-state index in [1.165, 1.54) is 0 Å². The first-order chi connectivity index (χ1) is 6.25. The molecule has 4 heteroatoms. The van der Waals surface area contributed by atoms with E-state index in [4.69, 9.17) is 23.2 Å². The maximum atomic E-state index is 5.81. The lowest BCUT2D eigenvalue weighted by molar-refractivity contribution is 0.415. The van der Waals surface area contributed by atoms with E-state index in [9.17, 15) is 0 Å². The third-order valence-electron chi connectivity index (χ3n) is 1.55. The fourth-order valence-electron chi connectivity index (χ4n) is 1.02. The lowest BCUT2D eigenvalue weighted by Crippen LogP contribution is -1.77. The minimum Gasteiger partial charge on any atom is -0.352 e. The van der Waals surface area contributed by atoms with Gasteiger partial charge in [-0.3, -0.25) is 0 Å². The number of halogens is 2. The van der Waals surface area contributed by atoms with E-state index < -0.39 is 0 Å². The molecular formula is C9H4Cl2NO. The lowest BCUT2D eigenvalue weighted by Gasteiger charge is -1.97. The molecule has 0 saturated heterocycles. The molecular weight excluding hydrogens is 209 g/mol. The van der Waals surface area contributed by atoms with Crippen molar-refractivity contribution >= 4 is 23.2 Å². The Kier molecular flexibility index (Phi) is 2.25. The van der Waals surface area contributed by atoms with Crippen LogP contribution >= 0.6 is 23.2 Å².